The third-order valence-corrected chi connectivity index (χ3v) is 8.62. The second-order valence-corrected chi connectivity index (χ2v) is 12.2. The van der Waals surface area contributed by atoms with Gasteiger partial charge < -0.3 is 24.6 Å². The number of alkyl halides is 3. The van der Waals surface area contributed by atoms with Crippen molar-refractivity contribution in [3.05, 3.63) is 41.2 Å². The Morgan fingerprint density at radius 1 is 1.11 bits per heavy atom. The number of imidazole rings is 1. The number of ether oxygens (including phenoxy) is 1. The van der Waals surface area contributed by atoms with Crippen LogP contribution in [0.1, 0.15) is 107 Å². The summed E-state index contributed by atoms with van der Waals surface area (Å²) >= 11 is 0. The third kappa shape index (κ3) is 9.89. The van der Waals surface area contributed by atoms with E-state index in [1.165, 1.54) is 25.7 Å². The van der Waals surface area contributed by atoms with Gasteiger partial charge in [0.25, 0.3) is 0 Å². The van der Waals surface area contributed by atoms with E-state index >= 15 is 0 Å². The van der Waals surface area contributed by atoms with Crippen molar-refractivity contribution in [3.63, 3.8) is 0 Å². The standard InChI is InChI=1S/C33H47F3N4O4/c1-2-3-4-5-6-7-8-9-10-12-29-28-21-27(44-18-15-26-22-39-17-11-16-37-32(39)38-26)14-13-24(28)19-25(20-30(41)42)31(43)40(29)23-33(34,35)36/h13-14,21-22,25,29H,2-12,15-20,23H2,1H3,(H,37,38)(H,41,42)/t25-,29?/m0/s1. The fourth-order valence-electron chi connectivity index (χ4n) is 6.40. The lowest BCUT2D eigenvalue weighted by molar-refractivity contribution is -0.169. The van der Waals surface area contributed by atoms with Crippen LogP contribution in [0.3, 0.4) is 0 Å². The van der Waals surface area contributed by atoms with E-state index in [9.17, 15) is 27.9 Å². The smallest absolute Gasteiger partial charge is 0.406 e. The summed E-state index contributed by atoms with van der Waals surface area (Å²) in [6, 6.07) is 4.49. The van der Waals surface area contributed by atoms with Crippen LogP contribution in [0.2, 0.25) is 0 Å². The van der Waals surface area contributed by atoms with Gasteiger partial charge in [0.15, 0.2) is 0 Å². The van der Waals surface area contributed by atoms with Gasteiger partial charge in [0.2, 0.25) is 11.9 Å². The van der Waals surface area contributed by atoms with Crippen LogP contribution in [-0.4, -0.2) is 57.3 Å². The van der Waals surface area contributed by atoms with Crippen molar-refractivity contribution < 1.29 is 32.6 Å². The van der Waals surface area contributed by atoms with Crippen LogP contribution in [0.4, 0.5) is 19.1 Å². The molecule has 4 rings (SSSR count). The van der Waals surface area contributed by atoms with Crippen LogP contribution in [0.25, 0.3) is 0 Å². The fraction of sp³-hybridized carbons (Fsp3) is 0.667. The molecule has 0 spiro atoms. The second kappa shape index (κ2) is 16.2. The first-order valence-electron chi connectivity index (χ1n) is 16.3. The van der Waals surface area contributed by atoms with Crippen LogP contribution in [0.5, 0.6) is 5.75 Å². The Balaban J connectivity index is 1.49. The summed E-state index contributed by atoms with van der Waals surface area (Å²) in [5.74, 6) is -1.65. The lowest BCUT2D eigenvalue weighted by atomic mass is 9.91. The number of carbonyl (C=O) groups excluding carboxylic acids is 1. The number of unbranched alkanes of at least 4 members (excludes halogenated alkanes) is 8. The molecule has 0 saturated heterocycles. The third-order valence-electron chi connectivity index (χ3n) is 8.62. The zero-order valence-electron chi connectivity index (χ0n) is 25.8. The number of carbonyl (C=O) groups is 2. The highest BCUT2D eigenvalue weighted by molar-refractivity contribution is 5.84. The van der Waals surface area contributed by atoms with E-state index in [2.05, 4.69) is 21.8 Å². The van der Waals surface area contributed by atoms with E-state index in [0.717, 1.165) is 61.7 Å². The molecule has 0 aliphatic carbocycles. The first-order chi connectivity index (χ1) is 21.1. The predicted molar refractivity (Wildman–Crippen MR) is 163 cm³/mol. The number of aryl methyl sites for hydroxylation is 1. The molecule has 8 nitrogen and oxygen atoms in total. The summed E-state index contributed by atoms with van der Waals surface area (Å²) in [7, 11) is 0. The van der Waals surface area contributed by atoms with Crippen molar-refractivity contribution in [3.8, 4) is 5.75 Å². The number of nitrogens with zero attached hydrogens (tertiary/aromatic N) is 3. The fourth-order valence-corrected chi connectivity index (χ4v) is 6.40. The van der Waals surface area contributed by atoms with Crippen molar-refractivity contribution in [2.45, 2.75) is 116 Å². The number of amides is 1. The number of hydrogen-bond donors (Lipinski definition) is 2. The number of aromatic nitrogens is 2. The SMILES string of the molecule is CCCCCCCCCCCC1c2cc(OCCc3cn4c(n3)NCCC4)ccc2C[C@@H](CC(=O)O)C(=O)N1CC(F)(F)F. The molecule has 0 bridgehead atoms. The molecule has 0 fully saturated rings. The minimum Gasteiger partial charge on any atom is -0.493 e. The molecule has 2 aliphatic heterocycles. The van der Waals surface area contributed by atoms with E-state index in [4.69, 9.17) is 4.74 Å². The highest BCUT2D eigenvalue weighted by Gasteiger charge is 2.42. The first kappa shape index (κ1) is 33.6. The van der Waals surface area contributed by atoms with Gasteiger partial charge in [-0.3, -0.25) is 9.59 Å². The van der Waals surface area contributed by atoms with E-state index in [1.807, 2.05) is 6.20 Å². The molecule has 1 unspecified atom stereocenters. The van der Waals surface area contributed by atoms with Crippen molar-refractivity contribution >= 4 is 17.8 Å². The lowest BCUT2D eigenvalue weighted by Crippen LogP contribution is -2.44. The second-order valence-electron chi connectivity index (χ2n) is 12.2. The number of carboxylic acid groups (broad SMARTS) is 1. The van der Waals surface area contributed by atoms with Crippen LogP contribution < -0.4 is 10.1 Å². The Labute approximate surface area is 258 Å². The highest BCUT2D eigenvalue weighted by atomic mass is 19.4. The number of carboxylic acids is 1. The van der Waals surface area contributed by atoms with Crippen LogP contribution >= 0.6 is 0 Å². The highest BCUT2D eigenvalue weighted by Crippen LogP contribution is 2.39. The first-order valence-corrected chi connectivity index (χ1v) is 16.3. The number of aliphatic carboxylic acids is 1. The molecule has 2 atom stereocenters. The number of rotatable bonds is 17. The van der Waals surface area contributed by atoms with Gasteiger partial charge in [-0.05, 0) is 42.5 Å². The molecule has 0 saturated carbocycles. The minimum absolute atomic E-state index is 0.0799. The quantitative estimate of drug-likeness (QED) is 0.180. The van der Waals surface area contributed by atoms with Gasteiger partial charge >= 0.3 is 12.1 Å². The van der Waals surface area contributed by atoms with Gasteiger partial charge in [0, 0.05) is 25.7 Å². The molecular formula is C33H47F3N4O4. The maximum absolute atomic E-state index is 13.8. The van der Waals surface area contributed by atoms with E-state index in [0.29, 0.717) is 42.7 Å². The summed E-state index contributed by atoms with van der Waals surface area (Å²) in [5, 5.41) is 12.7. The summed E-state index contributed by atoms with van der Waals surface area (Å²) in [5.41, 5.74) is 2.22. The average Bonchev–Trinajstić information content (AvgIpc) is 3.36. The van der Waals surface area contributed by atoms with Crippen molar-refractivity contribution in [1.82, 2.24) is 14.5 Å². The maximum atomic E-state index is 13.8. The van der Waals surface area contributed by atoms with Crippen molar-refractivity contribution in [1.29, 1.82) is 0 Å². The monoisotopic (exact) mass is 620 g/mol. The maximum Gasteiger partial charge on any atom is 0.406 e. The number of anilines is 1. The molecule has 2 aromatic rings. The molecule has 1 amide bonds. The van der Waals surface area contributed by atoms with Gasteiger partial charge in [0.1, 0.15) is 12.3 Å². The van der Waals surface area contributed by atoms with Gasteiger partial charge in [-0.15, -0.1) is 0 Å². The Bertz CT molecular complexity index is 1210. The van der Waals surface area contributed by atoms with Gasteiger partial charge in [-0.2, -0.15) is 13.2 Å². The summed E-state index contributed by atoms with van der Waals surface area (Å²) in [6.45, 7) is 2.92. The molecule has 1 aromatic carbocycles. The van der Waals surface area contributed by atoms with Crippen LogP contribution in [0, 0.1) is 5.92 Å². The molecule has 11 heteroatoms. The largest absolute Gasteiger partial charge is 0.493 e. The molecule has 2 N–H and O–H groups in total. The molecule has 2 aliphatic rings. The van der Waals surface area contributed by atoms with Gasteiger partial charge in [-0.25, -0.2) is 4.98 Å². The zero-order chi connectivity index (χ0) is 31.5. The van der Waals surface area contributed by atoms with E-state index in [1.54, 1.807) is 18.2 Å². The van der Waals surface area contributed by atoms with E-state index < -0.39 is 43.0 Å². The molecule has 0 radical (unpaired) electrons. The van der Waals surface area contributed by atoms with Gasteiger partial charge in [0.05, 0.1) is 30.7 Å². The normalized spacial score (nSPS) is 18.4. The summed E-state index contributed by atoms with van der Waals surface area (Å²) < 4.78 is 49.7. The number of hydrogen-bond acceptors (Lipinski definition) is 5. The average molecular weight is 621 g/mol. The molecule has 1 aromatic heterocycles. The topological polar surface area (TPSA) is 96.7 Å². The molecule has 3 heterocycles. The molecule has 244 valence electrons. The molecular weight excluding hydrogens is 573 g/mol. The van der Waals surface area contributed by atoms with Crippen LogP contribution in [-0.2, 0) is 29.0 Å². The Hall–Kier alpha value is -3.24. The van der Waals surface area contributed by atoms with E-state index in [-0.39, 0.29) is 6.42 Å². The number of halogens is 3. The van der Waals surface area contributed by atoms with Crippen LogP contribution in [0.15, 0.2) is 24.4 Å². The van der Waals surface area contributed by atoms with Gasteiger partial charge in [-0.1, -0.05) is 70.8 Å². The van der Waals surface area contributed by atoms with Crippen molar-refractivity contribution in [2.24, 2.45) is 5.92 Å². The predicted octanol–water partition coefficient (Wildman–Crippen LogP) is 7.32. The molecule has 44 heavy (non-hydrogen) atoms. The summed E-state index contributed by atoms with van der Waals surface area (Å²) in [6.07, 6.45) is 8.58. The number of benzene rings is 1. The minimum atomic E-state index is -4.61. The Kier molecular flexibility index (Phi) is 12.4. The van der Waals surface area contributed by atoms with Crippen molar-refractivity contribution in [2.75, 3.05) is 25.0 Å². The zero-order valence-corrected chi connectivity index (χ0v) is 25.8. The Morgan fingerprint density at radius 2 is 1.84 bits per heavy atom. The summed E-state index contributed by atoms with van der Waals surface area (Å²) in [4.78, 5) is 30.6. The number of fused-ring (bicyclic) bond motifs is 2. The number of nitrogens with one attached hydrogen (secondary N) is 1. The Morgan fingerprint density at radius 3 is 2.52 bits per heavy atom. The lowest BCUT2D eigenvalue weighted by Gasteiger charge is -2.33.